The van der Waals surface area contributed by atoms with Gasteiger partial charge in [-0.25, -0.2) is 0 Å². The van der Waals surface area contributed by atoms with Crippen molar-refractivity contribution in [2.75, 3.05) is 30.5 Å². The number of rotatable bonds is 3. The molecule has 2 aromatic rings. The number of anilines is 3. The number of nitrogens with zero attached hydrogens (tertiary/aromatic N) is 2. The summed E-state index contributed by atoms with van der Waals surface area (Å²) in [6, 6.07) is 12.8. The highest BCUT2D eigenvalue weighted by molar-refractivity contribution is 6.12. The lowest BCUT2D eigenvalue weighted by Crippen LogP contribution is -2.29. The second kappa shape index (κ2) is 6.04. The van der Waals surface area contributed by atoms with Gasteiger partial charge in [0.05, 0.1) is 7.11 Å². The summed E-state index contributed by atoms with van der Waals surface area (Å²) in [5, 5.41) is 3.85. The number of methoxy groups -OCH3 is 1. The highest BCUT2D eigenvalue weighted by Crippen LogP contribution is 2.23. The highest BCUT2D eigenvalue weighted by Gasteiger charge is 2.14. The Morgan fingerprint density at radius 3 is 2.33 bits per heavy atom. The molecule has 6 nitrogen and oxygen atoms in total. The van der Waals surface area contributed by atoms with Gasteiger partial charge in [0, 0.05) is 29.7 Å². The minimum Gasteiger partial charge on any atom is -0.497 e. The molecule has 6 N–H and O–H groups in total. The largest absolute Gasteiger partial charge is 0.497 e. The van der Waals surface area contributed by atoms with Crippen molar-refractivity contribution in [2.24, 2.45) is 10.9 Å². The minimum absolute atomic E-state index is 0.532. The standard InChI is InChI=1S/C15H19N5O/c1-20(11-4-6-12(21-2)7-5-11)15(19-18)13-9-10(16)3-8-14(13)17/h3-9H,16-18H2,1-2H3/b19-15+. The van der Waals surface area contributed by atoms with Crippen molar-refractivity contribution in [1.29, 1.82) is 0 Å². The molecule has 0 fully saturated rings. The van der Waals surface area contributed by atoms with Crippen molar-refractivity contribution in [2.45, 2.75) is 0 Å². The third-order valence-electron chi connectivity index (χ3n) is 3.22. The Hall–Kier alpha value is -2.89. The van der Waals surface area contributed by atoms with E-state index in [1.807, 2.05) is 36.2 Å². The lowest BCUT2D eigenvalue weighted by atomic mass is 10.1. The summed E-state index contributed by atoms with van der Waals surface area (Å²) in [5.41, 5.74) is 14.6. The van der Waals surface area contributed by atoms with E-state index in [0.717, 1.165) is 11.4 Å². The fourth-order valence-electron chi connectivity index (χ4n) is 2.03. The predicted molar refractivity (Wildman–Crippen MR) is 87.4 cm³/mol. The third kappa shape index (κ3) is 3.00. The summed E-state index contributed by atoms with van der Waals surface area (Å²) < 4.78 is 5.15. The van der Waals surface area contributed by atoms with Crippen molar-refractivity contribution in [3.63, 3.8) is 0 Å². The molecule has 0 aliphatic rings. The lowest BCUT2D eigenvalue weighted by Gasteiger charge is -2.22. The zero-order chi connectivity index (χ0) is 15.4. The second-order valence-electron chi connectivity index (χ2n) is 4.56. The van der Waals surface area contributed by atoms with Gasteiger partial charge in [0.2, 0.25) is 0 Å². The number of benzene rings is 2. The van der Waals surface area contributed by atoms with Crippen LogP contribution in [0.2, 0.25) is 0 Å². The summed E-state index contributed by atoms with van der Waals surface area (Å²) in [6.45, 7) is 0. The van der Waals surface area contributed by atoms with Gasteiger partial charge in [0.1, 0.15) is 5.75 Å². The van der Waals surface area contributed by atoms with Crippen molar-refractivity contribution in [3.8, 4) is 5.75 Å². The SMILES string of the molecule is COc1ccc(N(C)/C(=N/N)c2cc(N)ccc2N)cc1. The van der Waals surface area contributed by atoms with Crippen LogP contribution in [-0.2, 0) is 0 Å². The molecule has 0 spiro atoms. The Balaban J connectivity index is 2.38. The summed E-state index contributed by atoms with van der Waals surface area (Å²) in [6.07, 6.45) is 0. The van der Waals surface area contributed by atoms with Gasteiger partial charge < -0.3 is 26.9 Å². The molecule has 6 heteroatoms. The van der Waals surface area contributed by atoms with E-state index in [1.54, 1.807) is 25.3 Å². The van der Waals surface area contributed by atoms with E-state index >= 15 is 0 Å². The molecule has 0 atom stereocenters. The van der Waals surface area contributed by atoms with E-state index in [-0.39, 0.29) is 0 Å². The number of nitrogen functional groups attached to an aromatic ring is 2. The number of hydrogen-bond donors (Lipinski definition) is 3. The number of hydrogen-bond acceptors (Lipinski definition) is 5. The van der Waals surface area contributed by atoms with E-state index in [0.29, 0.717) is 22.8 Å². The number of ether oxygens (including phenoxy) is 1. The Morgan fingerprint density at radius 1 is 1.10 bits per heavy atom. The van der Waals surface area contributed by atoms with E-state index in [1.165, 1.54) is 0 Å². The molecular formula is C15H19N5O. The van der Waals surface area contributed by atoms with E-state index in [2.05, 4.69) is 5.10 Å². The van der Waals surface area contributed by atoms with Crippen LogP contribution >= 0.6 is 0 Å². The van der Waals surface area contributed by atoms with Gasteiger partial charge in [-0.1, -0.05) is 0 Å². The van der Waals surface area contributed by atoms with Crippen LogP contribution in [0.15, 0.2) is 47.6 Å². The average molecular weight is 285 g/mol. The first-order chi connectivity index (χ1) is 10.1. The molecule has 0 saturated carbocycles. The Kier molecular flexibility index (Phi) is 4.18. The van der Waals surface area contributed by atoms with Crippen LogP contribution in [0.25, 0.3) is 0 Å². The molecule has 0 aromatic heterocycles. The van der Waals surface area contributed by atoms with Gasteiger partial charge in [-0.3, -0.25) is 0 Å². The van der Waals surface area contributed by atoms with Gasteiger partial charge in [0.15, 0.2) is 5.84 Å². The fraction of sp³-hybridized carbons (Fsp3) is 0.133. The van der Waals surface area contributed by atoms with Crippen LogP contribution in [-0.4, -0.2) is 20.0 Å². The van der Waals surface area contributed by atoms with Gasteiger partial charge >= 0.3 is 0 Å². The molecule has 0 unspecified atom stereocenters. The molecule has 21 heavy (non-hydrogen) atoms. The molecule has 0 saturated heterocycles. The molecule has 0 radical (unpaired) electrons. The van der Waals surface area contributed by atoms with Crippen LogP contribution in [0.1, 0.15) is 5.56 Å². The molecule has 0 amide bonds. The first-order valence-electron chi connectivity index (χ1n) is 6.38. The highest BCUT2D eigenvalue weighted by atomic mass is 16.5. The minimum atomic E-state index is 0.532. The molecule has 110 valence electrons. The van der Waals surface area contributed by atoms with Crippen LogP contribution < -0.4 is 26.9 Å². The molecule has 0 aliphatic carbocycles. The van der Waals surface area contributed by atoms with Gasteiger partial charge in [-0.05, 0) is 42.5 Å². The van der Waals surface area contributed by atoms with Gasteiger partial charge in [0.25, 0.3) is 0 Å². The summed E-state index contributed by atoms with van der Waals surface area (Å²) >= 11 is 0. The van der Waals surface area contributed by atoms with Crippen LogP contribution in [0, 0.1) is 0 Å². The number of amidine groups is 1. The zero-order valence-electron chi connectivity index (χ0n) is 12.1. The van der Waals surface area contributed by atoms with Crippen molar-refractivity contribution in [1.82, 2.24) is 0 Å². The summed E-state index contributed by atoms with van der Waals surface area (Å²) in [7, 11) is 3.48. The molecule has 0 heterocycles. The fourth-order valence-corrected chi connectivity index (χ4v) is 2.03. The van der Waals surface area contributed by atoms with Crippen molar-refractivity contribution < 1.29 is 4.74 Å². The monoisotopic (exact) mass is 285 g/mol. The maximum Gasteiger partial charge on any atom is 0.161 e. The molecule has 2 rings (SSSR count). The summed E-state index contributed by atoms with van der Waals surface area (Å²) in [5.74, 6) is 6.86. The molecule has 2 aromatic carbocycles. The molecule has 0 bridgehead atoms. The first-order valence-corrected chi connectivity index (χ1v) is 6.38. The van der Waals surface area contributed by atoms with E-state index in [9.17, 15) is 0 Å². The van der Waals surface area contributed by atoms with Crippen molar-refractivity contribution >= 4 is 22.9 Å². The summed E-state index contributed by atoms with van der Waals surface area (Å²) in [4.78, 5) is 1.84. The Morgan fingerprint density at radius 2 is 1.76 bits per heavy atom. The van der Waals surface area contributed by atoms with Gasteiger partial charge in [-0.2, -0.15) is 5.10 Å². The molecular weight excluding hydrogens is 266 g/mol. The molecule has 0 aliphatic heterocycles. The first kappa shape index (κ1) is 14.5. The van der Waals surface area contributed by atoms with E-state index in [4.69, 9.17) is 22.0 Å². The third-order valence-corrected chi connectivity index (χ3v) is 3.22. The van der Waals surface area contributed by atoms with Crippen LogP contribution in [0.4, 0.5) is 17.1 Å². The Bertz CT molecular complexity index is 652. The van der Waals surface area contributed by atoms with Crippen LogP contribution in [0.3, 0.4) is 0 Å². The maximum atomic E-state index is 5.99. The van der Waals surface area contributed by atoms with E-state index < -0.39 is 0 Å². The zero-order valence-corrected chi connectivity index (χ0v) is 12.1. The quantitative estimate of drug-likeness (QED) is 0.261. The van der Waals surface area contributed by atoms with Crippen LogP contribution in [0.5, 0.6) is 5.75 Å². The Labute approximate surface area is 123 Å². The average Bonchev–Trinajstić information content (AvgIpc) is 2.51. The lowest BCUT2D eigenvalue weighted by molar-refractivity contribution is 0.415. The second-order valence-corrected chi connectivity index (χ2v) is 4.56. The van der Waals surface area contributed by atoms with Gasteiger partial charge in [-0.15, -0.1) is 0 Å². The number of hydrazone groups is 1. The topological polar surface area (TPSA) is 103 Å². The normalized spacial score (nSPS) is 11.2. The van der Waals surface area contributed by atoms with Crippen molar-refractivity contribution in [3.05, 3.63) is 48.0 Å². The number of nitrogens with two attached hydrogens (primary N) is 3. The smallest absolute Gasteiger partial charge is 0.161 e. The maximum absolute atomic E-state index is 5.99. The predicted octanol–water partition coefficient (Wildman–Crippen LogP) is 1.62.